The SMILES string of the molecule is CCC(C)S(=O)Cc1c(C(=O)O)sc2ccccc12. The maximum Gasteiger partial charge on any atom is 0.346 e. The van der Waals surface area contributed by atoms with Crippen LogP contribution in [0, 0.1) is 0 Å². The molecule has 0 amide bonds. The second-order valence-corrected chi connectivity index (χ2v) is 7.36. The van der Waals surface area contributed by atoms with E-state index in [9.17, 15) is 14.1 Å². The Hall–Kier alpha value is -1.20. The van der Waals surface area contributed by atoms with Crippen LogP contribution in [-0.2, 0) is 16.6 Å². The van der Waals surface area contributed by atoms with E-state index in [-0.39, 0.29) is 5.25 Å². The predicted molar refractivity (Wildman–Crippen MR) is 80.4 cm³/mol. The molecule has 5 heteroatoms. The molecule has 2 aromatic rings. The summed E-state index contributed by atoms with van der Waals surface area (Å²) in [5.74, 6) is -0.613. The summed E-state index contributed by atoms with van der Waals surface area (Å²) < 4.78 is 13.1. The zero-order chi connectivity index (χ0) is 14.0. The van der Waals surface area contributed by atoms with E-state index in [1.807, 2.05) is 38.1 Å². The fraction of sp³-hybridized carbons (Fsp3) is 0.357. The molecular weight excluding hydrogens is 280 g/mol. The van der Waals surface area contributed by atoms with Crippen LogP contribution in [-0.4, -0.2) is 20.5 Å². The van der Waals surface area contributed by atoms with Gasteiger partial charge >= 0.3 is 5.97 Å². The van der Waals surface area contributed by atoms with Crippen molar-refractivity contribution in [3.63, 3.8) is 0 Å². The van der Waals surface area contributed by atoms with E-state index >= 15 is 0 Å². The number of carboxylic acid groups (broad SMARTS) is 1. The number of carboxylic acids is 1. The summed E-state index contributed by atoms with van der Waals surface area (Å²) >= 11 is 1.26. The monoisotopic (exact) mass is 296 g/mol. The molecule has 1 N–H and O–H groups in total. The molecule has 2 unspecified atom stereocenters. The standard InChI is InChI=1S/C14H16O3S2/c1-3-9(2)19(17)8-11-10-6-4-5-7-12(10)18-13(11)14(15)16/h4-7,9H,3,8H2,1-2H3,(H,15,16). The third-order valence-corrected chi connectivity index (χ3v) is 6.21. The van der Waals surface area contributed by atoms with Gasteiger partial charge in [-0.3, -0.25) is 4.21 Å². The van der Waals surface area contributed by atoms with Crippen molar-refractivity contribution in [1.29, 1.82) is 0 Å². The Morgan fingerprint density at radius 1 is 1.42 bits per heavy atom. The first-order chi connectivity index (χ1) is 9.04. The first kappa shape index (κ1) is 14.2. The van der Waals surface area contributed by atoms with Crippen molar-refractivity contribution in [2.75, 3.05) is 0 Å². The highest BCUT2D eigenvalue weighted by Gasteiger charge is 2.20. The molecule has 0 saturated heterocycles. The zero-order valence-electron chi connectivity index (χ0n) is 10.9. The predicted octanol–water partition coefficient (Wildman–Crippen LogP) is 3.65. The van der Waals surface area contributed by atoms with E-state index in [4.69, 9.17) is 0 Å². The van der Waals surface area contributed by atoms with Gasteiger partial charge in [-0.1, -0.05) is 32.0 Å². The van der Waals surface area contributed by atoms with Gasteiger partial charge in [0.25, 0.3) is 0 Å². The minimum Gasteiger partial charge on any atom is -0.477 e. The summed E-state index contributed by atoms with van der Waals surface area (Å²) in [6.45, 7) is 3.93. The van der Waals surface area contributed by atoms with Crippen LogP contribution in [0.3, 0.4) is 0 Å². The molecule has 0 aliphatic rings. The summed E-state index contributed by atoms with van der Waals surface area (Å²) in [6, 6.07) is 7.58. The molecule has 0 aliphatic carbocycles. The Morgan fingerprint density at radius 3 is 2.74 bits per heavy atom. The number of hydrogen-bond donors (Lipinski definition) is 1. The Kier molecular flexibility index (Phi) is 4.37. The van der Waals surface area contributed by atoms with E-state index < -0.39 is 16.8 Å². The highest BCUT2D eigenvalue weighted by molar-refractivity contribution is 7.84. The summed E-state index contributed by atoms with van der Waals surface area (Å²) in [4.78, 5) is 11.6. The molecule has 0 spiro atoms. The molecule has 102 valence electrons. The lowest BCUT2D eigenvalue weighted by molar-refractivity contribution is 0.0701. The molecule has 1 aromatic carbocycles. The van der Waals surface area contributed by atoms with Crippen molar-refractivity contribution < 1.29 is 14.1 Å². The maximum absolute atomic E-state index is 12.2. The minimum absolute atomic E-state index is 0.0836. The average Bonchev–Trinajstić information content (AvgIpc) is 2.77. The summed E-state index contributed by atoms with van der Waals surface area (Å²) in [7, 11) is -1.03. The summed E-state index contributed by atoms with van der Waals surface area (Å²) in [5, 5.41) is 10.3. The molecule has 1 aromatic heterocycles. The van der Waals surface area contributed by atoms with Gasteiger partial charge in [-0.25, -0.2) is 4.79 Å². The molecular formula is C14H16O3S2. The van der Waals surface area contributed by atoms with Crippen LogP contribution in [0.4, 0.5) is 0 Å². The van der Waals surface area contributed by atoms with Crippen molar-refractivity contribution in [3.8, 4) is 0 Å². The largest absolute Gasteiger partial charge is 0.477 e. The highest BCUT2D eigenvalue weighted by Crippen LogP contribution is 2.32. The van der Waals surface area contributed by atoms with Crippen molar-refractivity contribution in [2.24, 2.45) is 0 Å². The average molecular weight is 296 g/mol. The van der Waals surface area contributed by atoms with Crippen molar-refractivity contribution in [1.82, 2.24) is 0 Å². The number of rotatable bonds is 5. The zero-order valence-corrected chi connectivity index (χ0v) is 12.5. The quantitative estimate of drug-likeness (QED) is 0.916. The van der Waals surface area contributed by atoms with Crippen molar-refractivity contribution >= 4 is 38.2 Å². The first-order valence-corrected chi connectivity index (χ1v) is 8.35. The second kappa shape index (κ2) is 5.84. The smallest absolute Gasteiger partial charge is 0.346 e. The Balaban J connectivity index is 2.48. The van der Waals surface area contributed by atoms with Gasteiger partial charge in [0.15, 0.2) is 0 Å². The van der Waals surface area contributed by atoms with Gasteiger partial charge in [-0.05, 0) is 23.4 Å². The number of fused-ring (bicyclic) bond motifs is 1. The Bertz CT molecular complexity index is 631. The van der Waals surface area contributed by atoms with Gasteiger partial charge in [-0.15, -0.1) is 11.3 Å². The number of hydrogen-bond acceptors (Lipinski definition) is 3. The number of benzene rings is 1. The molecule has 0 bridgehead atoms. The van der Waals surface area contributed by atoms with Crippen molar-refractivity contribution in [3.05, 3.63) is 34.7 Å². The van der Waals surface area contributed by atoms with Crippen LogP contribution in [0.1, 0.15) is 35.5 Å². The molecule has 0 aliphatic heterocycles. The lowest BCUT2D eigenvalue weighted by Gasteiger charge is -2.08. The van der Waals surface area contributed by atoms with Gasteiger partial charge in [0.1, 0.15) is 4.88 Å². The van der Waals surface area contributed by atoms with E-state index in [0.29, 0.717) is 16.2 Å². The van der Waals surface area contributed by atoms with E-state index in [2.05, 4.69) is 0 Å². The molecule has 19 heavy (non-hydrogen) atoms. The van der Waals surface area contributed by atoms with Gasteiger partial charge in [0.05, 0.1) is 5.75 Å². The highest BCUT2D eigenvalue weighted by atomic mass is 32.2. The third-order valence-electron chi connectivity index (χ3n) is 3.20. The molecule has 0 fully saturated rings. The lowest BCUT2D eigenvalue weighted by Crippen LogP contribution is -2.12. The van der Waals surface area contributed by atoms with E-state index in [1.54, 1.807) is 0 Å². The minimum atomic E-state index is -1.03. The summed E-state index contributed by atoms with van der Waals surface area (Å²) in [6.07, 6.45) is 0.830. The fourth-order valence-corrected chi connectivity index (χ4v) is 4.28. The number of carbonyl (C=O) groups is 1. The fourth-order valence-electron chi connectivity index (χ4n) is 1.89. The lowest BCUT2D eigenvalue weighted by atomic mass is 10.1. The first-order valence-electron chi connectivity index (χ1n) is 6.15. The third kappa shape index (κ3) is 2.87. The van der Waals surface area contributed by atoms with Crippen LogP contribution >= 0.6 is 11.3 Å². The van der Waals surface area contributed by atoms with Crippen LogP contribution < -0.4 is 0 Å². The molecule has 1 heterocycles. The maximum atomic E-state index is 12.2. The van der Waals surface area contributed by atoms with E-state index in [0.717, 1.165) is 16.5 Å². The number of aromatic carboxylic acids is 1. The van der Waals surface area contributed by atoms with Gasteiger partial charge in [0.2, 0.25) is 0 Å². The van der Waals surface area contributed by atoms with Crippen molar-refractivity contribution in [2.45, 2.75) is 31.3 Å². The summed E-state index contributed by atoms with van der Waals surface area (Å²) in [5.41, 5.74) is 0.715. The normalized spacial score (nSPS) is 14.4. The second-order valence-electron chi connectivity index (χ2n) is 4.45. The van der Waals surface area contributed by atoms with Crippen LogP contribution in [0.15, 0.2) is 24.3 Å². The van der Waals surface area contributed by atoms with E-state index in [1.165, 1.54) is 11.3 Å². The van der Waals surface area contributed by atoms with Crippen LogP contribution in [0.25, 0.3) is 10.1 Å². The van der Waals surface area contributed by atoms with Gasteiger partial charge < -0.3 is 5.11 Å². The molecule has 0 radical (unpaired) electrons. The van der Waals surface area contributed by atoms with Gasteiger partial charge in [0, 0.05) is 20.7 Å². The molecule has 0 saturated carbocycles. The molecule has 3 nitrogen and oxygen atoms in total. The molecule has 2 atom stereocenters. The van der Waals surface area contributed by atoms with Gasteiger partial charge in [-0.2, -0.15) is 0 Å². The Labute approximate surface area is 118 Å². The Morgan fingerprint density at radius 2 is 2.11 bits per heavy atom. The topological polar surface area (TPSA) is 54.4 Å². The van der Waals surface area contributed by atoms with Crippen LogP contribution in [0.2, 0.25) is 0 Å². The van der Waals surface area contributed by atoms with Crippen LogP contribution in [0.5, 0.6) is 0 Å². The number of thiophene rings is 1. The molecule has 2 rings (SSSR count).